The molecule has 0 aliphatic heterocycles. The van der Waals surface area contributed by atoms with Crippen LogP contribution in [-0.4, -0.2) is 60.6 Å². The zero-order valence-electron chi connectivity index (χ0n) is 11.6. The summed E-state index contributed by atoms with van der Waals surface area (Å²) in [6.45, 7) is 11.7. The molecule has 0 saturated carbocycles. The van der Waals surface area contributed by atoms with E-state index in [-0.39, 0.29) is 0 Å². The zero-order chi connectivity index (χ0) is 12.9. The Bertz CT molecular complexity index is 140. The number of hydrogen-bond acceptors (Lipinski definition) is 4. The van der Waals surface area contributed by atoms with Gasteiger partial charge < -0.3 is 9.80 Å². The summed E-state index contributed by atoms with van der Waals surface area (Å²) in [7, 11) is 0. The molecule has 0 aliphatic rings. The molecule has 0 aliphatic carbocycles. The maximum atomic E-state index is 4.27. The third-order valence-corrected chi connectivity index (χ3v) is 3.74. The van der Waals surface area contributed by atoms with Gasteiger partial charge >= 0.3 is 0 Å². The Kier molecular flexibility index (Phi) is 13.5. The van der Waals surface area contributed by atoms with Gasteiger partial charge in [0.25, 0.3) is 0 Å². The Hall–Kier alpha value is 0.620. The lowest BCUT2D eigenvalue weighted by Gasteiger charge is -2.23. The Labute approximate surface area is 119 Å². The van der Waals surface area contributed by atoms with Crippen LogP contribution in [0.25, 0.3) is 0 Å². The highest BCUT2D eigenvalue weighted by molar-refractivity contribution is 7.80. The van der Waals surface area contributed by atoms with Crippen molar-refractivity contribution in [3.8, 4) is 0 Å². The zero-order valence-corrected chi connectivity index (χ0v) is 13.4. The SMILES string of the molecule is CCN(CCCS)CCCN(CC)CCCS. The molecule has 0 fully saturated rings. The molecule has 0 N–H and O–H groups in total. The quantitative estimate of drug-likeness (QED) is 0.530. The summed E-state index contributed by atoms with van der Waals surface area (Å²) in [5, 5.41) is 0. The van der Waals surface area contributed by atoms with Crippen LogP contribution in [0.5, 0.6) is 0 Å². The van der Waals surface area contributed by atoms with E-state index in [0.29, 0.717) is 0 Å². The molecule has 0 saturated heterocycles. The predicted octanol–water partition coefficient (Wildman–Crippen LogP) is 2.66. The Balaban J connectivity index is 3.61. The first-order valence-corrected chi connectivity index (χ1v) is 8.21. The highest BCUT2D eigenvalue weighted by atomic mass is 32.1. The second-order valence-electron chi connectivity index (χ2n) is 4.38. The summed E-state index contributed by atoms with van der Waals surface area (Å²) in [5.41, 5.74) is 0. The summed E-state index contributed by atoms with van der Waals surface area (Å²) in [5.74, 6) is 2.00. The molecule has 0 bridgehead atoms. The Morgan fingerprint density at radius 1 is 0.647 bits per heavy atom. The van der Waals surface area contributed by atoms with Crippen molar-refractivity contribution in [2.45, 2.75) is 33.1 Å². The predicted molar refractivity (Wildman–Crippen MR) is 85.8 cm³/mol. The second kappa shape index (κ2) is 13.1. The molecule has 0 rings (SSSR count). The third kappa shape index (κ3) is 10.2. The van der Waals surface area contributed by atoms with Gasteiger partial charge in [-0.05, 0) is 70.0 Å². The van der Waals surface area contributed by atoms with E-state index in [2.05, 4.69) is 48.9 Å². The highest BCUT2D eigenvalue weighted by Crippen LogP contribution is 1.99. The monoisotopic (exact) mass is 278 g/mol. The molecule has 0 amide bonds. The van der Waals surface area contributed by atoms with E-state index < -0.39 is 0 Å². The van der Waals surface area contributed by atoms with Crippen LogP contribution in [0.1, 0.15) is 33.1 Å². The first kappa shape index (κ1) is 17.6. The van der Waals surface area contributed by atoms with Crippen LogP contribution in [0, 0.1) is 0 Å². The van der Waals surface area contributed by atoms with Gasteiger partial charge in [0.2, 0.25) is 0 Å². The van der Waals surface area contributed by atoms with E-state index in [1.54, 1.807) is 0 Å². The molecular weight excluding hydrogens is 248 g/mol. The van der Waals surface area contributed by atoms with Crippen LogP contribution in [-0.2, 0) is 0 Å². The molecule has 17 heavy (non-hydrogen) atoms. The molecule has 0 spiro atoms. The van der Waals surface area contributed by atoms with E-state index in [1.807, 2.05) is 0 Å². The summed E-state index contributed by atoms with van der Waals surface area (Å²) in [6.07, 6.45) is 3.68. The van der Waals surface area contributed by atoms with Crippen molar-refractivity contribution in [1.29, 1.82) is 0 Å². The minimum absolute atomic E-state index is 1.000. The molecule has 0 aromatic heterocycles. The van der Waals surface area contributed by atoms with Crippen LogP contribution in [0.2, 0.25) is 0 Å². The van der Waals surface area contributed by atoms with Gasteiger partial charge in [0, 0.05) is 0 Å². The van der Waals surface area contributed by atoms with Crippen LogP contribution in [0.15, 0.2) is 0 Å². The van der Waals surface area contributed by atoms with Gasteiger partial charge in [0.05, 0.1) is 0 Å². The lowest BCUT2D eigenvalue weighted by Crippen LogP contribution is -2.31. The molecule has 0 radical (unpaired) electrons. The van der Waals surface area contributed by atoms with Crippen LogP contribution >= 0.6 is 25.3 Å². The van der Waals surface area contributed by atoms with Gasteiger partial charge in [-0.25, -0.2) is 0 Å². The van der Waals surface area contributed by atoms with Gasteiger partial charge in [-0.1, -0.05) is 13.8 Å². The van der Waals surface area contributed by atoms with E-state index in [0.717, 1.165) is 24.6 Å². The molecule has 0 unspecified atom stereocenters. The average molecular weight is 279 g/mol. The topological polar surface area (TPSA) is 6.48 Å². The van der Waals surface area contributed by atoms with Crippen molar-refractivity contribution in [2.24, 2.45) is 0 Å². The van der Waals surface area contributed by atoms with E-state index in [1.165, 1.54) is 45.4 Å². The largest absolute Gasteiger partial charge is 0.304 e. The van der Waals surface area contributed by atoms with Crippen LogP contribution in [0.3, 0.4) is 0 Å². The van der Waals surface area contributed by atoms with E-state index in [9.17, 15) is 0 Å². The fourth-order valence-electron chi connectivity index (χ4n) is 1.96. The number of thiol groups is 2. The average Bonchev–Trinajstić information content (AvgIpc) is 2.37. The highest BCUT2D eigenvalue weighted by Gasteiger charge is 2.04. The summed E-state index contributed by atoms with van der Waals surface area (Å²) >= 11 is 8.54. The summed E-state index contributed by atoms with van der Waals surface area (Å²) in [6, 6.07) is 0. The van der Waals surface area contributed by atoms with Gasteiger partial charge in [-0.15, -0.1) is 0 Å². The standard InChI is InChI=1S/C13H30N2S2/c1-3-14(10-6-12-16)8-5-9-15(4-2)11-7-13-17/h16-17H,3-13H2,1-2H3. The molecule has 4 heteroatoms. The minimum atomic E-state index is 1.000. The molecule has 0 aromatic carbocycles. The first-order chi connectivity index (χ1) is 8.28. The van der Waals surface area contributed by atoms with Crippen molar-refractivity contribution in [1.82, 2.24) is 9.80 Å². The van der Waals surface area contributed by atoms with Crippen molar-refractivity contribution in [3.63, 3.8) is 0 Å². The Morgan fingerprint density at radius 3 is 1.29 bits per heavy atom. The van der Waals surface area contributed by atoms with Gasteiger partial charge in [0.15, 0.2) is 0 Å². The fourth-order valence-corrected chi connectivity index (χ4v) is 2.25. The molecule has 0 aromatic rings. The van der Waals surface area contributed by atoms with E-state index in [4.69, 9.17) is 0 Å². The lowest BCUT2D eigenvalue weighted by molar-refractivity contribution is 0.239. The fraction of sp³-hybridized carbons (Fsp3) is 1.00. The molecule has 104 valence electrons. The minimum Gasteiger partial charge on any atom is -0.304 e. The van der Waals surface area contributed by atoms with Crippen molar-refractivity contribution in [3.05, 3.63) is 0 Å². The van der Waals surface area contributed by atoms with Crippen molar-refractivity contribution < 1.29 is 0 Å². The normalized spacial score (nSPS) is 11.6. The third-order valence-electron chi connectivity index (χ3n) is 3.11. The smallest absolute Gasteiger partial charge is 0.000666 e. The van der Waals surface area contributed by atoms with Crippen molar-refractivity contribution >= 4 is 25.3 Å². The molecular formula is C13H30N2S2. The first-order valence-electron chi connectivity index (χ1n) is 6.94. The maximum absolute atomic E-state index is 4.27. The molecule has 0 atom stereocenters. The van der Waals surface area contributed by atoms with E-state index >= 15 is 0 Å². The van der Waals surface area contributed by atoms with Gasteiger partial charge in [-0.2, -0.15) is 25.3 Å². The number of hydrogen-bond donors (Lipinski definition) is 2. The van der Waals surface area contributed by atoms with Gasteiger partial charge in [-0.3, -0.25) is 0 Å². The van der Waals surface area contributed by atoms with Gasteiger partial charge in [0.1, 0.15) is 0 Å². The van der Waals surface area contributed by atoms with Crippen molar-refractivity contribution in [2.75, 3.05) is 50.8 Å². The van der Waals surface area contributed by atoms with Crippen LogP contribution in [0.4, 0.5) is 0 Å². The lowest BCUT2D eigenvalue weighted by atomic mass is 10.3. The molecule has 2 nitrogen and oxygen atoms in total. The number of nitrogens with zero attached hydrogens (tertiary/aromatic N) is 2. The Morgan fingerprint density at radius 2 is 1.00 bits per heavy atom. The summed E-state index contributed by atoms with van der Waals surface area (Å²) < 4.78 is 0. The number of rotatable bonds is 12. The maximum Gasteiger partial charge on any atom is -0.000666 e. The second-order valence-corrected chi connectivity index (χ2v) is 5.27. The summed E-state index contributed by atoms with van der Waals surface area (Å²) in [4.78, 5) is 5.06. The van der Waals surface area contributed by atoms with Crippen LogP contribution < -0.4 is 0 Å². The molecule has 0 heterocycles.